The summed E-state index contributed by atoms with van der Waals surface area (Å²) in [6, 6.07) is 1.42. The van der Waals surface area contributed by atoms with Crippen molar-refractivity contribution in [3.05, 3.63) is 17.5 Å². The van der Waals surface area contributed by atoms with Gasteiger partial charge in [0.05, 0.1) is 0 Å². The zero-order valence-corrected chi connectivity index (χ0v) is 10.9. The second kappa shape index (κ2) is 5.77. The molecule has 0 saturated carbocycles. The number of aromatic carboxylic acids is 1. The van der Waals surface area contributed by atoms with Crippen LogP contribution in [0.15, 0.2) is 6.07 Å². The maximum atomic E-state index is 10.9. The number of carbonyl (C=O) groups is 1. The second-order valence-corrected chi connectivity index (χ2v) is 4.54. The molecule has 0 aliphatic rings. The molecule has 0 spiro atoms. The molecule has 1 unspecified atom stereocenters. The smallest absolute Gasteiger partial charge is 0.354 e. The molecule has 6 nitrogen and oxygen atoms in total. The van der Waals surface area contributed by atoms with Gasteiger partial charge in [0.25, 0.3) is 0 Å². The average Bonchev–Trinajstić information content (AvgIpc) is 2.28. The van der Waals surface area contributed by atoms with Crippen LogP contribution >= 0.6 is 0 Å². The van der Waals surface area contributed by atoms with Crippen molar-refractivity contribution >= 4 is 11.9 Å². The van der Waals surface area contributed by atoms with E-state index in [1.807, 2.05) is 13.8 Å². The van der Waals surface area contributed by atoms with Gasteiger partial charge in [-0.15, -0.1) is 0 Å². The number of carboxylic acid groups (broad SMARTS) is 1. The molecular weight excluding hydrogens is 234 g/mol. The Morgan fingerprint density at radius 1 is 1.50 bits per heavy atom. The van der Waals surface area contributed by atoms with Crippen LogP contribution in [0.4, 0.5) is 5.95 Å². The molecule has 0 radical (unpaired) electrons. The summed E-state index contributed by atoms with van der Waals surface area (Å²) in [5, 5.41) is 21.1. The minimum Gasteiger partial charge on any atom is -0.477 e. The lowest BCUT2D eigenvalue weighted by Crippen LogP contribution is -2.36. The highest BCUT2D eigenvalue weighted by atomic mass is 16.4. The number of anilines is 1. The van der Waals surface area contributed by atoms with E-state index < -0.39 is 5.97 Å². The van der Waals surface area contributed by atoms with Crippen LogP contribution in [0.5, 0.6) is 0 Å². The number of aliphatic hydroxyl groups is 1. The molecule has 0 saturated heterocycles. The van der Waals surface area contributed by atoms with E-state index in [1.165, 1.54) is 6.07 Å². The van der Waals surface area contributed by atoms with Crippen LogP contribution in [0.2, 0.25) is 0 Å². The highest BCUT2D eigenvalue weighted by Crippen LogP contribution is 2.19. The Labute approximate surface area is 106 Å². The van der Waals surface area contributed by atoms with Crippen molar-refractivity contribution < 1.29 is 15.0 Å². The van der Waals surface area contributed by atoms with Crippen molar-refractivity contribution in [3.8, 4) is 0 Å². The Balaban J connectivity index is 2.99. The third-order valence-electron chi connectivity index (χ3n) is 2.93. The van der Waals surface area contributed by atoms with E-state index in [9.17, 15) is 4.79 Å². The third kappa shape index (κ3) is 3.66. The Hall–Kier alpha value is -1.69. The van der Waals surface area contributed by atoms with Crippen molar-refractivity contribution in [1.29, 1.82) is 0 Å². The quantitative estimate of drug-likeness (QED) is 0.710. The number of nitrogens with zero attached hydrogens (tertiary/aromatic N) is 2. The molecule has 1 aromatic rings. The van der Waals surface area contributed by atoms with Gasteiger partial charge < -0.3 is 15.5 Å². The highest BCUT2D eigenvalue weighted by molar-refractivity contribution is 5.85. The van der Waals surface area contributed by atoms with E-state index in [2.05, 4.69) is 15.3 Å². The second-order valence-electron chi connectivity index (χ2n) is 4.54. The number of carboxylic acids is 1. The highest BCUT2D eigenvalue weighted by Gasteiger charge is 2.22. The van der Waals surface area contributed by atoms with E-state index in [0.29, 0.717) is 12.1 Å². The molecule has 1 heterocycles. The third-order valence-corrected chi connectivity index (χ3v) is 2.93. The molecular formula is C12H19N3O3. The zero-order chi connectivity index (χ0) is 13.8. The SMILES string of the molecule is CCC(C)(CCO)Nc1nc(C)cc(C(=O)O)n1. The maximum Gasteiger partial charge on any atom is 0.354 e. The summed E-state index contributed by atoms with van der Waals surface area (Å²) in [6.07, 6.45) is 1.32. The van der Waals surface area contributed by atoms with E-state index in [-0.39, 0.29) is 23.8 Å². The van der Waals surface area contributed by atoms with Crippen LogP contribution in [0, 0.1) is 6.92 Å². The first-order valence-electron chi connectivity index (χ1n) is 5.88. The number of aryl methyl sites for hydroxylation is 1. The minimum absolute atomic E-state index is 0.0348. The van der Waals surface area contributed by atoms with Gasteiger partial charge in [-0.2, -0.15) is 0 Å². The molecule has 0 fully saturated rings. The van der Waals surface area contributed by atoms with Gasteiger partial charge in [-0.05, 0) is 32.8 Å². The number of nitrogens with one attached hydrogen (secondary N) is 1. The van der Waals surface area contributed by atoms with Crippen LogP contribution in [0.1, 0.15) is 42.9 Å². The maximum absolute atomic E-state index is 10.9. The topological polar surface area (TPSA) is 95.3 Å². The zero-order valence-electron chi connectivity index (χ0n) is 10.9. The lowest BCUT2D eigenvalue weighted by Gasteiger charge is -2.29. The number of rotatable bonds is 6. The summed E-state index contributed by atoms with van der Waals surface area (Å²) in [7, 11) is 0. The van der Waals surface area contributed by atoms with Gasteiger partial charge in [-0.1, -0.05) is 6.92 Å². The summed E-state index contributed by atoms with van der Waals surface area (Å²) in [5.74, 6) is -0.797. The molecule has 0 aliphatic heterocycles. The fourth-order valence-corrected chi connectivity index (χ4v) is 1.58. The molecule has 1 aromatic heterocycles. The number of hydrogen-bond donors (Lipinski definition) is 3. The van der Waals surface area contributed by atoms with Crippen LogP contribution in [0.25, 0.3) is 0 Å². The van der Waals surface area contributed by atoms with Crippen molar-refractivity contribution in [2.75, 3.05) is 11.9 Å². The molecule has 1 rings (SSSR count). The predicted octanol–water partition coefficient (Wildman–Crippen LogP) is 1.45. The van der Waals surface area contributed by atoms with E-state index in [4.69, 9.17) is 10.2 Å². The van der Waals surface area contributed by atoms with Gasteiger partial charge >= 0.3 is 5.97 Å². The summed E-state index contributed by atoms with van der Waals surface area (Å²) >= 11 is 0. The Kier molecular flexibility index (Phi) is 4.61. The molecule has 18 heavy (non-hydrogen) atoms. The molecule has 100 valence electrons. The summed E-state index contributed by atoms with van der Waals surface area (Å²) in [4.78, 5) is 19.0. The largest absolute Gasteiger partial charge is 0.477 e. The summed E-state index contributed by atoms with van der Waals surface area (Å²) in [6.45, 7) is 5.69. The van der Waals surface area contributed by atoms with E-state index in [0.717, 1.165) is 6.42 Å². The fraction of sp³-hybridized carbons (Fsp3) is 0.583. The van der Waals surface area contributed by atoms with Crippen LogP contribution in [0.3, 0.4) is 0 Å². The van der Waals surface area contributed by atoms with Gasteiger partial charge in [0.15, 0.2) is 5.69 Å². The van der Waals surface area contributed by atoms with Gasteiger partial charge in [-0.25, -0.2) is 14.8 Å². The molecule has 0 aliphatic carbocycles. The number of aliphatic hydroxyl groups excluding tert-OH is 1. The summed E-state index contributed by atoms with van der Waals surface area (Å²) < 4.78 is 0. The van der Waals surface area contributed by atoms with Crippen molar-refractivity contribution in [3.63, 3.8) is 0 Å². The average molecular weight is 253 g/mol. The summed E-state index contributed by atoms with van der Waals surface area (Å²) in [5.41, 5.74) is 0.206. The van der Waals surface area contributed by atoms with Crippen molar-refractivity contribution in [1.82, 2.24) is 9.97 Å². The molecule has 0 amide bonds. The van der Waals surface area contributed by atoms with Crippen molar-refractivity contribution in [2.24, 2.45) is 0 Å². The first-order valence-corrected chi connectivity index (χ1v) is 5.88. The van der Waals surface area contributed by atoms with Crippen LogP contribution < -0.4 is 5.32 Å². The molecule has 0 aromatic carbocycles. The van der Waals surface area contributed by atoms with Crippen LogP contribution in [-0.4, -0.2) is 38.3 Å². The van der Waals surface area contributed by atoms with Gasteiger partial charge in [-0.3, -0.25) is 0 Å². The van der Waals surface area contributed by atoms with Gasteiger partial charge in [0, 0.05) is 17.8 Å². The monoisotopic (exact) mass is 253 g/mol. The van der Waals surface area contributed by atoms with E-state index >= 15 is 0 Å². The number of hydrogen-bond acceptors (Lipinski definition) is 5. The molecule has 6 heteroatoms. The Morgan fingerprint density at radius 2 is 2.17 bits per heavy atom. The first kappa shape index (κ1) is 14.4. The minimum atomic E-state index is -1.08. The standard InChI is InChI=1S/C12H19N3O3/c1-4-12(3,5-6-16)15-11-13-8(2)7-9(14-11)10(17)18/h7,16H,4-6H2,1-3H3,(H,17,18)(H,13,14,15). The Morgan fingerprint density at radius 3 is 2.67 bits per heavy atom. The Bertz CT molecular complexity index is 437. The lowest BCUT2D eigenvalue weighted by molar-refractivity contribution is 0.0690. The lowest BCUT2D eigenvalue weighted by atomic mass is 9.95. The van der Waals surface area contributed by atoms with Gasteiger partial charge in [0.1, 0.15) is 0 Å². The predicted molar refractivity (Wildman–Crippen MR) is 67.7 cm³/mol. The fourth-order valence-electron chi connectivity index (χ4n) is 1.58. The van der Waals surface area contributed by atoms with Gasteiger partial charge in [0.2, 0.25) is 5.95 Å². The molecule has 3 N–H and O–H groups in total. The van der Waals surface area contributed by atoms with Crippen molar-refractivity contribution in [2.45, 2.75) is 39.2 Å². The molecule has 1 atom stereocenters. The normalized spacial score (nSPS) is 14.0. The van der Waals surface area contributed by atoms with Crippen LogP contribution in [-0.2, 0) is 0 Å². The molecule has 0 bridgehead atoms. The van der Waals surface area contributed by atoms with E-state index in [1.54, 1.807) is 6.92 Å². The first-order chi connectivity index (χ1) is 8.40. The number of aromatic nitrogens is 2.